The second-order valence-corrected chi connectivity index (χ2v) is 18.4. The first-order chi connectivity index (χ1) is 27.1. The fourth-order valence-corrected chi connectivity index (χ4v) is 12.1. The van der Waals surface area contributed by atoms with Gasteiger partial charge in [-0.05, 0) is 99.1 Å². The fraction of sp³-hybridized carbons (Fsp3) is 0.622. The number of benzene rings is 2. The molecule has 300 valence electrons. The number of aliphatic hydroxyl groups is 2. The van der Waals surface area contributed by atoms with Crippen molar-refractivity contribution in [3.8, 4) is 11.5 Å². The number of unbranched alkanes of at least 4 members (excludes halogenated alkanes) is 2. The van der Waals surface area contributed by atoms with Crippen molar-refractivity contribution in [2.75, 3.05) is 38.8 Å². The molecule has 2 aromatic rings. The molecule has 2 N–H and O–H groups in total. The van der Waals surface area contributed by atoms with Gasteiger partial charge in [-0.2, -0.15) is 0 Å². The van der Waals surface area contributed by atoms with Crippen molar-refractivity contribution in [1.29, 1.82) is 0 Å². The minimum absolute atomic E-state index is 0.0158. The highest BCUT2D eigenvalue weighted by Crippen LogP contribution is 2.63. The van der Waals surface area contributed by atoms with Crippen molar-refractivity contribution >= 4 is 29.2 Å². The molecule has 0 bridgehead atoms. The maximum atomic E-state index is 9.93. The fourth-order valence-electron chi connectivity index (χ4n) is 9.54. The van der Waals surface area contributed by atoms with Crippen LogP contribution >= 0.6 is 23.5 Å². The number of ether oxygens (including phenoxy) is 4. The van der Waals surface area contributed by atoms with E-state index in [9.17, 15) is 10.2 Å². The van der Waals surface area contributed by atoms with Crippen molar-refractivity contribution in [1.82, 2.24) is 0 Å². The molecule has 2 heterocycles. The summed E-state index contributed by atoms with van der Waals surface area (Å²) in [5, 5.41) is 25.3. The van der Waals surface area contributed by atoms with E-state index in [1.165, 1.54) is 30.6 Å². The number of aliphatic hydroxyl groups excluding tert-OH is 2. The van der Waals surface area contributed by atoms with Crippen LogP contribution in [0.5, 0.6) is 11.5 Å². The molecule has 2 aliphatic heterocycles. The minimum Gasteiger partial charge on any atom is -0.493 e. The van der Waals surface area contributed by atoms with Gasteiger partial charge in [-0.3, -0.25) is 0 Å². The number of hydrogen-bond acceptors (Lipinski definition) is 10. The van der Waals surface area contributed by atoms with Gasteiger partial charge in [-0.25, -0.2) is 0 Å². The second-order valence-electron chi connectivity index (χ2n) is 15.7. The summed E-state index contributed by atoms with van der Waals surface area (Å²) in [7, 11) is 0. The summed E-state index contributed by atoms with van der Waals surface area (Å²) in [5.74, 6) is 2.03. The third-order valence-corrected chi connectivity index (χ3v) is 14.7. The first kappa shape index (κ1) is 40.7. The quantitative estimate of drug-likeness (QED) is 0.0588. The van der Waals surface area contributed by atoms with Crippen LogP contribution in [-0.4, -0.2) is 77.3 Å². The van der Waals surface area contributed by atoms with Crippen molar-refractivity contribution in [3.63, 3.8) is 0 Å². The Balaban J connectivity index is 1.31. The van der Waals surface area contributed by atoms with Gasteiger partial charge in [-0.1, -0.05) is 61.2 Å². The van der Waals surface area contributed by atoms with Crippen LogP contribution in [0.25, 0.3) is 0 Å². The number of rotatable bonds is 20. The molecule has 8 nitrogen and oxygen atoms in total. The zero-order chi connectivity index (χ0) is 37.9. The minimum atomic E-state index is -0.939. The molecule has 1 saturated heterocycles. The molecule has 7 rings (SSSR count). The second kappa shape index (κ2) is 20.3. The van der Waals surface area contributed by atoms with Gasteiger partial charge >= 0.3 is 0 Å². The Morgan fingerprint density at radius 2 is 1.75 bits per heavy atom. The van der Waals surface area contributed by atoms with Crippen molar-refractivity contribution in [2.24, 2.45) is 22.9 Å². The van der Waals surface area contributed by atoms with Gasteiger partial charge in [0.05, 0.1) is 36.7 Å². The average Bonchev–Trinajstić information content (AvgIpc) is 3.74. The third-order valence-electron chi connectivity index (χ3n) is 12.1. The number of oxime groups is 1. The monoisotopic (exact) mass is 791 g/mol. The van der Waals surface area contributed by atoms with Crippen LogP contribution < -0.4 is 9.47 Å². The lowest BCUT2D eigenvalue weighted by molar-refractivity contribution is -0.223. The molecule has 0 aromatic heterocycles. The van der Waals surface area contributed by atoms with E-state index in [1.54, 1.807) is 11.8 Å². The number of hydrogen-bond donors (Lipinski definition) is 2. The van der Waals surface area contributed by atoms with E-state index in [2.05, 4.69) is 55.1 Å². The molecule has 0 amide bonds. The summed E-state index contributed by atoms with van der Waals surface area (Å²) in [6.45, 7) is 6.11. The van der Waals surface area contributed by atoms with E-state index in [0.717, 1.165) is 91.9 Å². The van der Waals surface area contributed by atoms with Crippen LogP contribution in [0.2, 0.25) is 0 Å². The van der Waals surface area contributed by atoms with E-state index in [-0.39, 0.29) is 48.4 Å². The van der Waals surface area contributed by atoms with Gasteiger partial charge in [0.25, 0.3) is 0 Å². The van der Waals surface area contributed by atoms with E-state index in [1.807, 2.05) is 23.9 Å². The summed E-state index contributed by atoms with van der Waals surface area (Å²) < 4.78 is 27.0. The Bertz CT molecular complexity index is 1580. The highest BCUT2D eigenvalue weighted by Gasteiger charge is 2.64. The molecule has 7 unspecified atom stereocenters. The van der Waals surface area contributed by atoms with Crippen molar-refractivity contribution in [3.05, 3.63) is 78.4 Å². The highest BCUT2D eigenvalue weighted by molar-refractivity contribution is 8.00. The molecule has 7 atom stereocenters. The van der Waals surface area contributed by atoms with Crippen LogP contribution in [0.3, 0.4) is 0 Å². The largest absolute Gasteiger partial charge is 0.493 e. The molecule has 5 aliphatic rings. The molecular weight excluding hydrogens is 731 g/mol. The van der Waals surface area contributed by atoms with Crippen LogP contribution in [0.4, 0.5) is 0 Å². The summed E-state index contributed by atoms with van der Waals surface area (Å²) in [4.78, 5) is 7.51. The Hall–Kier alpha value is -2.47. The number of allylic oxidation sites excluding steroid dienone is 1. The van der Waals surface area contributed by atoms with E-state index in [4.69, 9.17) is 28.9 Å². The SMILES string of the molecule is C=CCOC12Oc3ccc(OCCSc4ccccc4)cc3C3C(CCCCO)C(CCCCO)C=C(C(=NOC4CCCCO4)CC1SC1CCCC1)C32. The van der Waals surface area contributed by atoms with Crippen molar-refractivity contribution < 1.29 is 34.0 Å². The van der Waals surface area contributed by atoms with Gasteiger partial charge in [0.15, 0.2) is 0 Å². The van der Waals surface area contributed by atoms with Crippen LogP contribution in [0, 0.1) is 17.8 Å². The first-order valence-electron chi connectivity index (χ1n) is 21.0. The molecular formula is C45H61NO7S2. The summed E-state index contributed by atoms with van der Waals surface area (Å²) in [6.07, 6.45) is 17.9. The zero-order valence-corrected chi connectivity index (χ0v) is 34.0. The number of nitrogens with zero attached hydrogens (tertiary/aromatic N) is 1. The molecule has 3 fully saturated rings. The van der Waals surface area contributed by atoms with Gasteiger partial charge in [-0.15, -0.1) is 30.1 Å². The van der Waals surface area contributed by atoms with Gasteiger partial charge in [0.2, 0.25) is 12.1 Å². The third kappa shape index (κ3) is 9.81. The zero-order valence-electron chi connectivity index (χ0n) is 32.4. The Labute approximate surface area is 336 Å². The maximum Gasteiger partial charge on any atom is 0.230 e. The Kier molecular flexibility index (Phi) is 15.0. The van der Waals surface area contributed by atoms with E-state index in [0.29, 0.717) is 31.5 Å². The molecule has 2 aromatic carbocycles. The highest BCUT2D eigenvalue weighted by atomic mass is 32.2. The smallest absolute Gasteiger partial charge is 0.230 e. The van der Waals surface area contributed by atoms with Gasteiger partial charge in [0.1, 0.15) is 11.5 Å². The van der Waals surface area contributed by atoms with Gasteiger partial charge in [0, 0.05) is 53.4 Å². The Morgan fingerprint density at radius 3 is 2.51 bits per heavy atom. The summed E-state index contributed by atoms with van der Waals surface area (Å²) >= 11 is 3.83. The molecule has 0 spiro atoms. The van der Waals surface area contributed by atoms with Crippen LogP contribution in [-0.2, 0) is 14.3 Å². The predicted molar refractivity (Wildman–Crippen MR) is 222 cm³/mol. The lowest BCUT2D eigenvalue weighted by Gasteiger charge is -2.58. The maximum absolute atomic E-state index is 9.93. The molecule has 10 heteroatoms. The van der Waals surface area contributed by atoms with Gasteiger partial charge < -0.3 is 34.0 Å². The Morgan fingerprint density at radius 1 is 0.945 bits per heavy atom. The first-order valence-corrected chi connectivity index (χ1v) is 22.9. The normalized spacial score (nSPS) is 29.6. The molecule has 0 radical (unpaired) electrons. The summed E-state index contributed by atoms with van der Waals surface area (Å²) in [5.41, 5.74) is 3.30. The van der Waals surface area contributed by atoms with Crippen molar-refractivity contribution in [2.45, 2.75) is 123 Å². The molecule has 3 aliphatic carbocycles. The molecule has 55 heavy (non-hydrogen) atoms. The van der Waals surface area contributed by atoms with Crippen LogP contribution in [0.15, 0.2) is 82.9 Å². The van der Waals surface area contributed by atoms with E-state index < -0.39 is 5.79 Å². The lowest BCUT2D eigenvalue weighted by Crippen LogP contribution is -2.64. The molecule has 2 saturated carbocycles. The average molecular weight is 792 g/mol. The summed E-state index contributed by atoms with van der Waals surface area (Å²) in [6, 6.07) is 16.8. The number of fused-ring (bicyclic) bond motifs is 2. The predicted octanol–water partition coefficient (Wildman–Crippen LogP) is 9.69. The standard InChI is InChI=1S/C45H61NO7S2/c1-2-25-51-45-41(55-35-17-6-7-18-35)31-39(46-53-42-20-10-13-26-50-42)37-29-32(14-8-11-23-47)36(19-9-12-24-48)43(44(37)45)38-30-33(21-22-40(38)52-45)49-27-28-54-34-15-4-3-5-16-34/h2-5,15-16,21-22,29-30,32,35-36,41-44,47-48H,1,6-14,17-20,23-28,31H2. The van der Waals surface area contributed by atoms with E-state index >= 15 is 0 Å². The lowest BCUT2D eigenvalue weighted by atomic mass is 9.56. The van der Waals surface area contributed by atoms with Crippen LogP contribution in [0.1, 0.15) is 101 Å². The topological polar surface area (TPSA) is 99.0 Å². The number of thioether (sulfide) groups is 2.